The van der Waals surface area contributed by atoms with Crippen LogP contribution in [0.3, 0.4) is 0 Å². The molecule has 84 valence electrons. The summed E-state index contributed by atoms with van der Waals surface area (Å²) < 4.78 is 5.59. The maximum absolute atomic E-state index is 9.61. The average Bonchev–Trinajstić information content (AvgIpc) is 2.25. The molecule has 0 spiro atoms. The van der Waals surface area contributed by atoms with Gasteiger partial charge in [-0.15, -0.1) is 0 Å². The minimum Gasteiger partial charge on any atom is -0.490 e. The van der Waals surface area contributed by atoms with Crippen LogP contribution in [0.25, 0.3) is 10.9 Å². The minimum atomic E-state index is -0.829. The van der Waals surface area contributed by atoms with Crippen molar-refractivity contribution in [2.45, 2.75) is 19.4 Å². The maximum atomic E-state index is 9.61. The number of fused-ring (bicyclic) bond motifs is 1. The van der Waals surface area contributed by atoms with Gasteiger partial charge in [0.2, 0.25) is 0 Å². The number of hydrogen-bond donors (Lipinski definition) is 1. The van der Waals surface area contributed by atoms with Crippen LogP contribution in [0.15, 0.2) is 36.5 Å². The fraction of sp³-hybridized carbons (Fsp3) is 0.308. The zero-order valence-electron chi connectivity index (χ0n) is 9.47. The molecule has 0 aliphatic carbocycles. The van der Waals surface area contributed by atoms with Crippen LogP contribution in [0, 0.1) is 0 Å². The highest BCUT2D eigenvalue weighted by molar-refractivity contribution is 5.84. The van der Waals surface area contributed by atoms with Crippen molar-refractivity contribution >= 4 is 10.9 Å². The van der Waals surface area contributed by atoms with Gasteiger partial charge >= 0.3 is 0 Å². The second kappa shape index (κ2) is 4.10. The van der Waals surface area contributed by atoms with Gasteiger partial charge in [0.05, 0.1) is 11.1 Å². The highest BCUT2D eigenvalue weighted by Gasteiger charge is 2.14. The molecule has 0 radical (unpaired) electrons. The van der Waals surface area contributed by atoms with E-state index in [-0.39, 0.29) is 6.61 Å². The molecular formula is C13H15NO2. The number of nitrogens with zero attached hydrogens (tertiary/aromatic N) is 1. The summed E-state index contributed by atoms with van der Waals surface area (Å²) in [6, 6.07) is 9.55. The van der Waals surface area contributed by atoms with E-state index in [2.05, 4.69) is 4.98 Å². The Labute approximate surface area is 94.7 Å². The first kappa shape index (κ1) is 10.9. The van der Waals surface area contributed by atoms with Crippen molar-refractivity contribution in [3.05, 3.63) is 36.5 Å². The molecule has 0 unspecified atom stereocenters. The Morgan fingerprint density at radius 2 is 2.06 bits per heavy atom. The fourth-order valence-electron chi connectivity index (χ4n) is 1.46. The van der Waals surface area contributed by atoms with Gasteiger partial charge in [-0.25, -0.2) is 0 Å². The maximum Gasteiger partial charge on any atom is 0.128 e. The van der Waals surface area contributed by atoms with Gasteiger partial charge in [0.25, 0.3) is 0 Å². The number of hydrogen-bond acceptors (Lipinski definition) is 3. The molecule has 1 heterocycles. The molecule has 0 saturated heterocycles. The van der Waals surface area contributed by atoms with Crippen molar-refractivity contribution in [1.82, 2.24) is 4.98 Å². The van der Waals surface area contributed by atoms with E-state index in [1.165, 1.54) is 0 Å². The van der Waals surface area contributed by atoms with Crippen molar-refractivity contribution < 1.29 is 9.84 Å². The molecule has 0 aliphatic rings. The van der Waals surface area contributed by atoms with Crippen LogP contribution in [0.4, 0.5) is 0 Å². The summed E-state index contributed by atoms with van der Waals surface area (Å²) in [5.41, 5.74) is 0.0698. The van der Waals surface area contributed by atoms with Crippen molar-refractivity contribution in [2.75, 3.05) is 6.61 Å². The van der Waals surface area contributed by atoms with Gasteiger partial charge in [0.15, 0.2) is 0 Å². The van der Waals surface area contributed by atoms with Gasteiger partial charge in [-0.05, 0) is 38.1 Å². The van der Waals surface area contributed by atoms with Crippen molar-refractivity contribution in [2.24, 2.45) is 0 Å². The van der Waals surface area contributed by atoms with Gasteiger partial charge < -0.3 is 9.84 Å². The summed E-state index contributed by atoms with van der Waals surface area (Å²) in [7, 11) is 0. The number of pyridine rings is 1. The molecule has 1 aromatic heterocycles. The van der Waals surface area contributed by atoms with Crippen LogP contribution in [-0.4, -0.2) is 22.3 Å². The number of rotatable bonds is 3. The van der Waals surface area contributed by atoms with E-state index in [0.717, 1.165) is 16.7 Å². The zero-order chi connectivity index (χ0) is 11.6. The third-order valence-corrected chi connectivity index (χ3v) is 2.19. The number of aromatic nitrogens is 1. The lowest BCUT2D eigenvalue weighted by Crippen LogP contribution is -2.27. The van der Waals surface area contributed by atoms with Crippen LogP contribution in [0.2, 0.25) is 0 Å². The van der Waals surface area contributed by atoms with E-state index in [9.17, 15) is 5.11 Å². The van der Waals surface area contributed by atoms with Crippen LogP contribution in [0.5, 0.6) is 5.75 Å². The monoisotopic (exact) mass is 217 g/mol. The summed E-state index contributed by atoms with van der Waals surface area (Å²) >= 11 is 0. The Hall–Kier alpha value is -1.61. The highest BCUT2D eigenvalue weighted by atomic mass is 16.5. The summed E-state index contributed by atoms with van der Waals surface area (Å²) in [5.74, 6) is 0.757. The standard InChI is InChI=1S/C13H15NO2/c1-13(2,15)9-16-12-7-3-6-11-10(12)5-4-8-14-11/h3-8,15H,9H2,1-2H3. The molecule has 0 bridgehead atoms. The van der Waals surface area contributed by atoms with E-state index in [0.29, 0.717) is 0 Å². The zero-order valence-corrected chi connectivity index (χ0v) is 9.47. The summed E-state index contributed by atoms with van der Waals surface area (Å²) in [5, 5.41) is 10.6. The van der Waals surface area contributed by atoms with Gasteiger partial charge in [-0.3, -0.25) is 4.98 Å². The van der Waals surface area contributed by atoms with E-state index in [1.54, 1.807) is 20.0 Å². The van der Waals surface area contributed by atoms with E-state index in [1.807, 2.05) is 30.3 Å². The molecule has 3 nitrogen and oxygen atoms in total. The number of aliphatic hydroxyl groups is 1. The summed E-state index contributed by atoms with van der Waals surface area (Å²) in [6.07, 6.45) is 1.75. The quantitative estimate of drug-likeness (QED) is 0.858. The lowest BCUT2D eigenvalue weighted by atomic mass is 10.1. The Bertz CT molecular complexity index is 483. The first-order valence-corrected chi connectivity index (χ1v) is 5.25. The molecule has 2 aromatic rings. The van der Waals surface area contributed by atoms with Gasteiger partial charge in [0.1, 0.15) is 12.4 Å². The second-order valence-corrected chi connectivity index (χ2v) is 4.43. The Morgan fingerprint density at radius 1 is 1.25 bits per heavy atom. The molecule has 1 N–H and O–H groups in total. The average molecular weight is 217 g/mol. The Kier molecular flexibility index (Phi) is 2.79. The van der Waals surface area contributed by atoms with Crippen molar-refractivity contribution in [3.8, 4) is 5.75 Å². The lowest BCUT2D eigenvalue weighted by Gasteiger charge is -2.18. The van der Waals surface area contributed by atoms with Crippen LogP contribution >= 0.6 is 0 Å². The topological polar surface area (TPSA) is 42.4 Å². The van der Waals surface area contributed by atoms with Gasteiger partial charge in [0, 0.05) is 11.6 Å². The largest absolute Gasteiger partial charge is 0.490 e. The normalized spacial score (nSPS) is 11.7. The highest BCUT2D eigenvalue weighted by Crippen LogP contribution is 2.24. The van der Waals surface area contributed by atoms with E-state index < -0.39 is 5.60 Å². The summed E-state index contributed by atoms with van der Waals surface area (Å²) in [6.45, 7) is 3.70. The molecule has 0 fully saturated rings. The van der Waals surface area contributed by atoms with Crippen molar-refractivity contribution in [1.29, 1.82) is 0 Å². The van der Waals surface area contributed by atoms with Gasteiger partial charge in [-0.2, -0.15) is 0 Å². The smallest absolute Gasteiger partial charge is 0.128 e. The fourth-order valence-corrected chi connectivity index (χ4v) is 1.46. The Morgan fingerprint density at radius 3 is 2.81 bits per heavy atom. The molecule has 0 saturated carbocycles. The first-order valence-electron chi connectivity index (χ1n) is 5.25. The SMILES string of the molecule is CC(C)(O)COc1cccc2ncccc12. The number of benzene rings is 1. The van der Waals surface area contributed by atoms with Crippen LogP contribution in [-0.2, 0) is 0 Å². The minimum absolute atomic E-state index is 0.265. The first-order chi connectivity index (χ1) is 7.56. The Balaban J connectivity index is 2.30. The van der Waals surface area contributed by atoms with Crippen molar-refractivity contribution in [3.63, 3.8) is 0 Å². The predicted octanol–water partition coefficient (Wildman–Crippen LogP) is 2.38. The molecule has 1 aromatic carbocycles. The van der Waals surface area contributed by atoms with Crippen LogP contribution in [0.1, 0.15) is 13.8 Å². The molecule has 3 heteroatoms. The third kappa shape index (κ3) is 2.49. The van der Waals surface area contributed by atoms with Crippen LogP contribution < -0.4 is 4.74 Å². The van der Waals surface area contributed by atoms with E-state index in [4.69, 9.17) is 4.74 Å². The second-order valence-electron chi connectivity index (χ2n) is 4.43. The molecular weight excluding hydrogens is 202 g/mol. The predicted molar refractivity (Wildman–Crippen MR) is 63.5 cm³/mol. The number of ether oxygens (including phenoxy) is 1. The molecule has 0 aliphatic heterocycles. The molecule has 0 amide bonds. The molecule has 2 rings (SSSR count). The third-order valence-electron chi connectivity index (χ3n) is 2.19. The molecule has 0 atom stereocenters. The molecule has 16 heavy (non-hydrogen) atoms. The van der Waals surface area contributed by atoms with E-state index >= 15 is 0 Å². The summed E-state index contributed by atoms with van der Waals surface area (Å²) in [4.78, 5) is 4.24. The van der Waals surface area contributed by atoms with Gasteiger partial charge in [-0.1, -0.05) is 6.07 Å². The lowest BCUT2D eigenvalue weighted by molar-refractivity contribution is 0.0290.